The molecular formula is C11H11ClN4O3. The van der Waals surface area contributed by atoms with Crippen LogP contribution in [0.25, 0.3) is 0 Å². The van der Waals surface area contributed by atoms with E-state index in [1.165, 1.54) is 4.57 Å². The Labute approximate surface area is 113 Å². The van der Waals surface area contributed by atoms with E-state index in [0.29, 0.717) is 5.69 Å². The maximum atomic E-state index is 11.8. The van der Waals surface area contributed by atoms with Crippen LogP contribution in [0.4, 0.5) is 0 Å². The lowest BCUT2D eigenvalue weighted by Crippen LogP contribution is -3.00. The molecule has 2 rings (SSSR count). The molecule has 0 spiro atoms. The Kier molecular flexibility index (Phi) is 4.60. The van der Waals surface area contributed by atoms with Gasteiger partial charge in [0.05, 0.1) is 12.4 Å². The van der Waals surface area contributed by atoms with Gasteiger partial charge in [-0.25, -0.2) is 4.79 Å². The Balaban J connectivity index is 0.00000180. The largest absolute Gasteiger partial charge is 1.00 e. The maximum absolute atomic E-state index is 11.8. The molecular weight excluding hydrogens is 272 g/mol. The van der Waals surface area contributed by atoms with E-state index >= 15 is 0 Å². The molecule has 0 amide bonds. The van der Waals surface area contributed by atoms with E-state index in [1.54, 1.807) is 37.5 Å². The van der Waals surface area contributed by atoms with Gasteiger partial charge in [-0.15, -0.1) is 0 Å². The Bertz CT molecular complexity index is 706. The summed E-state index contributed by atoms with van der Waals surface area (Å²) in [6.07, 6.45) is 3.25. The highest BCUT2D eigenvalue weighted by Gasteiger charge is 2.23. The quantitative estimate of drug-likeness (QED) is 0.165. The molecule has 0 aliphatic rings. The van der Waals surface area contributed by atoms with Crippen LogP contribution >= 0.6 is 0 Å². The molecule has 8 heteroatoms. The summed E-state index contributed by atoms with van der Waals surface area (Å²) >= 11 is 0. The lowest BCUT2D eigenvalue weighted by Gasteiger charge is -2.01. The molecule has 2 heterocycles. The summed E-state index contributed by atoms with van der Waals surface area (Å²) in [6.45, 7) is 1.56. The van der Waals surface area contributed by atoms with Crippen LogP contribution in [0, 0.1) is 6.92 Å². The Morgan fingerprint density at radius 2 is 1.84 bits per heavy atom. The van der Waals surface area contributed by atoms with Crippen LogP contribution in [-0.4, -0.2) is 21.0 Å². The number of aromatic amines is 2. The van der Waals surface area contributed by atoms with E-state index in [1.807, 2.05) is 0 Å². The highest BCUT2D eigenvalue weighted by Crippen LogP contribution is 1.96. The summed E-state index contributed by atoms with van der Waals surface area (Å²) in [7, 11) is 0. The molecule has 0 aromatic carbocycles. The number of aryl methyl sites for hydroxylation is 1. The zero-order valence-electron chi connectivity index (χ0n) is 9.92. The van der Waals surface area contributed by atoms with Crippen LogP contribution in [0.2, 0.25) is 0 Å². The first-order valence-electron chi connectivity index (χ1n) is 5.16. The second-order valence-corrected chi connectivity index (χ2v) is 3.61. The van der Waals surface area contributed by atoms with E-state index in [2.05, 4.69) is 15.1 Å². The van der Waals surface area contributed by atoms with Gasteiger partial charge in [-0.1, -0.05) is 6.07 Å². The minimum atomic E-state index is -0.611. The van der Waals surface area contributed by atoms with Gasteiger partial charge in [0, 0.05) is 5.69 Å². The number of rotatable bonds is 1. The number of H-pyrrole nitrogens is 2. The molecule has 0 saturated heterocycles. The summed E-state index contributed by atoms with van der Waals surface area (Å²) in [4.78, 5) is 27.4. The van der Waals surface area contributed by atoms with Gasteiger partial charge in [0.1, 0.15) is 0 Å². The second-order valence-electron chi connectivity index (χ2n) is 3.61. The van der Waals surface area contributed by atoms with Gasteiger partial charge in [0.25, 0.3) is 5.56 Å². The third kappa shape index (κ3) is 2.89. The molecule has 2 aromatic heterocycles. The zero-order chi connectivity index (χ0) is 13.1. The average molecular weight is 283 g/mol. The van der Waals surface area contributed by atoms with Crippen LogP contribution in [-0.2, 0) is 0 Å². The van der Waals surface area contributed by atoms with Crippen molar-refractivity contribution >= 4 is 5.84 Å². The van der Waals surface area contributed by atoms with Crippen molar-refractivity contribution in [3.8, 4) is 0 Å². The molecule has 0 unspecified atom stereocenters. The van der Waals surface area contributed by atoms with Crippen molar-refractivity contribution in [2.24, 2.45) is 5.16 Å². The van der Waals surface area contributed by atoms with E-state index < -0.39 is 11.2 Å². The zero-order valence-corrected chi connectivity index (χ0v) is 10.7. The topological polar surface area (TPSA) is 102 Å². The van der Waals surface area contributed by atoms with Gasteiger partial charge < -0.3 is 22.6 Å². The van der Waals surface area contributed by atoms with Crippen LogP contribution in [0.5, 0.6) is 0 Å². The number of hydrogen-bond acceptors (Lipinski definition) is 4. The molecule has 0 saturated carbocycles. The molecule has 3 N–H and O–H groups in total. The monoisotopic (exact) mass is 282 g/mol. The number of pyridine rings is 1. The van der Waals surface area contributed by atoms with Crippen LogP contribution in [0.1, 0.15) is 11.3 Å². The third-order valence-corrected chi connectivity index (χ3v) is 2.41. The molecule has 0 atom stereocenters. The van der Waals surface area contributed by atoms with Gasteiger partial charge in [-0.2, -0.15) is 4.57 Å². The number of aromatic nitrogens is 3. The minimum absolute atomic E-state index is 0. The van der Waals surface area contributed by atoms with Crippen molar-refractivity contribution in [2.75, 3.05) is 0 Å². The van der Waals surface area contributed by atoms with E-state index in [0.717, 1.165) is 0 Å². The summed E-state index contributed by atoms with van der Waals surface area (Å²) in [5.74, 6) is 0.0330. The van der Waals surface area contributed by atoms with Crippen molar-refractivity contribution in [3.05, 3.63) is 62.7 Å². The normalized spacial score (nSPS) is 10.9. The predicted molar refractivity (Wildman–Crippen MR) is 62.8 cm³/mol. The molecule has 0 aliphatic heterocycles. The van der Waals surface area contributed by atoms with Crippen LogP contribution in [0.3, 0.4) is 0 Å². The van der Waals surface area contributed by atoms with Crippen molar-refractivity contribution in [1.82, 2.24) is 9.97 Å². The van der Waals surface area contributed by atoms with Gasteiger partial charge in [0.15, 0.2) is 10.7 Å². The fourth-order valence-corrected chi connectivity index (χ4v) is 1.64. The highest BCUT2D eigenvalue weighted by atomic mass is 35.5. The smallest absolute Gasteiger partial charge is 0.388 e. The lowest BCUT2D eigenvalue weighted by molar-refractivity contribution is -0.555. The van der Waals surface area contributed by atoms with Gasteiger partial charge >= 0.3 is 11.5 Å². The Morgan fingerprint density at radius 3 is 2.37 bits per heavy atom. The van der Waals surface area contributed by atoms with Gasteiger partial charge in [0.2, 0.25) is 0 Å². The van der Waals surface area contributed by atoms with E-state index in [9.17, 15) is 9.59 Å². The van der Waals surface area contributed by atoms with E-state index in [-0.39, 0.29) is 23.8 Å². The SMILES string of the molecule is Cc1[nH]c(=O)[nH]c(=O)c1C(=NO)[n+]1ccccc1.[Cl-]. The van der Waals surface area contributed by atoms with Crippen molar-refractivity contribution in [3.63, 3.8) is 0 Å². The fraction of sp³-hybridized carbons (Fsp3) is 0.0909. The maximum Gasteiger partial charge on any atom is 0.388 e. The third-order valence-electron chi connectivity index (χ3n) is 2.41. The molecule has 0 aliphatic carbocycles. The van der Waals surface area contributed by atoms with Crippen molar-refractivity contribution in [2.45, 2.75) is 6.92 Å². The first-order chi connectivity index (χ1) is 8.63. The summed E-state index contributed by atoms with van der Waals surface area (Å²) in [5.41, 5.74) is -0.779. The molecule has 0 bridgehead atoms. The standard InChI is InChI=1S/C11H10N4O3.ClH/c1-7-8(10(16)13-11(17)12-7)9(14-18)15-5-3-2-4-6-15;/h2-6H,1H3,(H2-,12,13,14,16,17,18);1H. The van der Waals surface area contributed by atoms with Crippen molar-refractivity contribution in [1.29, 1.82) is 0 Å². The molecule has 19 heavy (non-hydrogen) atoms. The van der Waals surface area contributed by atoms with Crippen LogP contribution in [0.15, 0.2) is 45.3 Å². The molecule has 0 fully saturated rings. The summed E-state index contributed by atoms with van der Waals surface area (Å²) in [5, 5.41) is 12.2. The summed E-state index contributed by atoms with van der Waals surface area (Å²) < 4.78 is 1.47. The van der Waals surface area contributed by atoms with Crippen LogP contribution < -0.4 is 28.2 Å². The number of nitrogens with one attached hydrogen (secondary N) is 2. The van der Waals surface area contributed by atoms with Crippen molar-refractivity contribution < 1.29 is 22.2 Å². The molecule has 2 aromatic rings. The molecule has 0 radical (unpaired) electrons. The minimum Gasteiger partial charge on any atom is -1.00 e. The van der Waals surface area contributed by atoms with Gasteiger partial charge in [-0.05, 0) is 19.1 Å². The van der Waals surface area contributed by atoms with E-state index in [4.69, 9.17) is 5.21 Å². The highest BCUT2D eigenvalue weighted by molar-refractivity contribution is 5.91. The molecule has 7 nitrogen and oxygen atoms in total. The number of oxime groups is 1. The average Bonchev–Trinajstić information content (AvgIpc) is 2.34. The first kappa shape index (κ1) is 14.7. The van der Waals surface area contributed by atoms with Gasteiger partial charge in [-0.3, -0.25) is 9.78 Å². The number of hydrogen-bond donors (Lipinski definition) is 3. The number of nitrogens with zero attached hydrogens (tertiary/aromatic N) is 2. The predicted octanol–water partition coefficient (Wildman–Crippen LogP) is -3.65. The number of halogens is 1. The Hall–Kier alpha value is -2.41. The first-order valence-corrected chi connectivity index (χ1v) is 5.16. The summed E-state index contributed by atoms with van der Waals surface area (Å²) in [6, 6.07) is 5.23. The fourth-order valence-electron chi connectivity index (χ4n) is 1.64. The Morgan fingerprint density at radius 1 is 1.21 bits per heavy atom. The molecule has 100 valence electrons. The second kappa shape index (κ2) is 5.96. The lowest BCUT2D eigenvalue weighted by atomic mass is 10.2.